The zero-order valence-corrected chi connectivity index (χ0v) is 11.8. The van der Waals surface area contributed by atoms with Gasteiger partial charge in [-0.2, -0.15) is 0 Å². The summed E-state index contributed by atoms with van der Waals surface area (Å²) in [5, 5.41) is 0. The molecule has 1 unspecified atom stereocenters. The van der Waals surface area contributed by atoms with Gasteiger partial charge in [0.25, 0.3) is 0 Å². The molecule has 17 heavy (non-hydrogen) atoms. The zero-order valence-electron chi connectivity index (χ0n) is 11.8. The van der Waals surface area contributed by atoms with Crippen molar-refractivity contribution in [2.45, 2.75) is 53.9 Å². The van der Waals surface area contributed by atoms with Gasteiger partial charge in [0.1, 0.15) is 0 Å². The summed E-state index contributed by atoms with van der Waals surface area (Å²) < 4.78 is 0. The summed E-state index contributed by atoms with van der Waals surface area (Å²) in [4.78, 5) is 12.3. The Labute approximate surface area is 105 Å². The summed E-state index contributed by atoms with van der Waals surface area (Å²) in [6.07, 6.45) is 2.97. The van der Waals surface area contributed by atoms with Gasteiger partial charge in [-0.05, 0) is 37.8 Å². The number of benzene rings is 1. The van der Waals surface area contributed by atoms with E-state index in [-0.39, 0.29) is 0 Å². The van der Waals surface area contributed by atoms with E-state index < -0.39 is 0 Å². The quantitative estimate of drug-likeness (QED) is 0.677. The molecule has 0 amide bonds. The molecule has 0 N–H and O–H groups in total. The third-order valence-corrected chi connectivity index (χ3v) is 3.27. The number of carbonyl (C=O) groups excluding carboxylic acids is 1. The van der Waals surface area contributed by atoms with Gasteiger partial charge in [0.05, 0.1) is 0 Å². The molecule has 1 nitrogen and oxygen atoms in total. The number of aryl methyl sites for hydroxylation is 3. The van der Waals surface area contributed by atoms with Crippen LogP contribution in [0.4, 0.5) is 0 Å². The highest BCUT2D eigenvalue weighted by Crippen LogP contribution is 2.21. The SMILES string of the molecule is CCCC(C)CC(=O)c1c(C)cc(C)cc1C. The fourth-order valence-electron chi connectivity index (χ4n) is 2.63. The van der Waals surface area contributed by atoms with Crippen LogP contribution < -0.4 is 0 Å². The molecule has 0 heterocycles. The second kappa shape index (κ2) is 6.00. The summed E-state index contributed by atoms with van der Waals surface area (Å²) in [7, 11) is 0. The molecule has 0 spiro atoms. The Hall–Kier alpha value is -1.11. The maximum atomic E-state index is 12.3. The van der Waals surface area contributed by atoms with Crippen molar-refractivity contribution in [1.29, 1.82) is 0 Å². The van der Waals surface area contributed by atoms with Crippen molar-refractivity contribution >= 4 is 5.78 Å². The molecule has 0 aliphatic rings. The van der Waals surface area contributed by atoms with Crippen LogP contribution in [-0.4, -0.2) is 5.78 Å². The minimum absolute atomic E-state index is 0.306. The van der Waals surface area contributed by atoms with Gasteiger partial charge in [0.15, 0.2) is 5.78 Å². The van der Waals surface area contributed by atoms with Gasteiger partial charge in [0.2, 0.25) is 0 Å². The van der Waals surface area contributed by atoms with Gasteiger partial charge in [-0.3, -0.25) is 4.79 Å². The summed E-state index contributed by atoms with van der Waals surface area (Å²) >= 11 is 0. The van der Waals surface area contributed by atoms with Gasteiger partial charge < -0.3 is 0 Å². The first-order valence-corrected chi connectivity index (χ1v) is 6.56. The smallest absolute Gasteiger partial charge is 0.163 e. The first-order chi connectivity index (χ1) is 7.95. The Bertz CT molecular complexity index is 381. The van der Waals surface area contributed by atoms with Crippen molar-refractivity contribution in [2.24, 2.45) is 5.92 Å². The topological polar surface area (TPSA) is 17.1 Å². The van der Waals surface area contributed by atoms with Gasteiger partial charge in [-0.25, -0.2) is 0 Å². The zero-order chi connectivity index (χ0) is 13.0. The second-order valence-corrected chi connectivity index (χ2v) is 5.29. The normalized spacial score (nSPS) is 12.5. The van der Waals surface area contributed by atoms with E-state index in [1.54, 1.807) is 0 Å². The van der Waals surface area contributed by atoms with E-state index >= 15 is 0 Å². The van der Waals surface area contributed by atoms with Crippen LogP contribution >= 0.6 is 0 Å². The van der Waals surface area contributed by atoms with Crippen LogP contribution in [-0.2, 0) is 0 Å². The molecule has 0 aliphatic carbocycles. The monoisotopic (exact) mass is 232 g/mol. The number of carbonyl (C=O) groups is 1. The molecular formula is C16H24O. The van der Waals surface area contributed by atoms with E-state index in [1.165, 1.54) is 5.56 Å². The summed E-state index contributed by atoms with van der Waals surface area (Å²) in [6, 6.07) is 4.20. The molecule has 1 rings (SSSR count). The summed E-state index contributed by atoms with van der Waals surface area (Å²) in [5.41, 5.74) is 4.42. The van der Waals surface area contributed by atoms with Crippen LogP contribution in [0.25, 0.3) is 0 Å². The van der Waals surface area contributed by atoms with Gasteiger partial charge >= 0.3 is 0 Å². The molecular weight excluding hydrogens is 208 g/mol. The lowest BCUT2D eigenvalue weighted by Crippen LogP contribution is -2.09. The van der Waals surface area contributed by atoms with E-state index in [1.807, 2.05) is 13.8 Å². The molecule has 0 fully saturated rings. The fourth-order valence-corrected chi connectivity index (χ4v) is 2.63. The van der Waals surface area contributed by atoms with Gasteiger partial charge in [0, 0.05) is 12.0 Å². The first-order valence-electron chi connectivity index (χ1n) is 6.56. The van der Waals surface area contributed by atoms with E-state index in [0.717, 1.165) is 29.5 Å². The Kier molecular flexibility index (Phi) is 4.92. The molecule has 94 valence electrons. The standard InChI is InChI=1S/C16H24O/c1-6-7-11(2)10-15(17)16-13(4)8-12(3)9-14(16)5/h8-9,11H,6-7,10H2,1-5H3. The molecule has 1 atom stereocenters. The highest BCUT2D eigenvalue weighted by Gasteiger charge is 2.15. The minimum atomic E-state index is 0.306. The molecule has 1 aromatic rings. The maximum absolute atomic E-state index is 12.3. The highest BCUT2D eigenvalue weighted by atomic mass is 16.1. The van der Waals surface area contributed by atoms with Crippen LogP contribution in [0.2, 0.25) is 0 Å². The molecule has 0 aliphatic heterocycles. The average Bonchev–Trinajstić information content (AvgIpc) is 2.15. The van der Waals surface area contributed by atoms with E-state index in [4.69, 9.17) is 0 Å². The third-order valence-electron chi connectivity index (χ3n) is 3.27. The lowest BCUT2D eigenvalue weighted by molar-refractivity contribution is 0.0961. The Morgan fingerprint density at radius 1 is 1.18 bits per heavy atom. The van der Waals surface area contributed by atoms with E-state index in [0.29, 0.717) is 18.1 Å². The third kappa shape index (κ3) is 3.69. The molecule has 0 radical (unpaired) electrons. The van der Waals surface area contributed by atoms with E-state index in [2.05, 4.69) is 32.9 Å². The number of hydrogen-bond acceptors (Lipinski definition) is 1. The van der Waals surface area contributed by atoms with Crippen molar-refractivity contribution in [2.75, 3.05) is 0 Å². The lowest BCUT2D eigenvalue weighted by atomic mass is 9.90. The molecule has 1 heteroatoms. The Balaban J connectivity index is 2.89. The minimum Gasteiger partial charge on any atom is -0.294 e. The van der Waals surface area contributed by atoms with Crippen molar-refractivity contribution in [3.05, 3.63) is 34.4 Å². The van der Waals surface area contributed by atoms with Crippen molar-refractivity contribution in [3.63, 3.8) is 0 Å². The van der Waals surface area contributed by atoms with Crippen LogP contribution in [0.3, 0.4) is 0 Å². The summed E-state index contributed by atoms with van der Waals surface area (Å²) in [5.74, 6) is 0.800. The van der Waals surface area contributed by atoms with Gasteiger partial charge in [-0.1, -0.05) is 44.4 Å². The maximum Gasteiger partial charge on any atom is 0.163 e. The van der Waals surface area contributed by atoms with Crippen LogP contribution in [0.1, 0.15) is 60.2 Å². The predicted molar refractivity (Wildman–Crippen MR) is 73.7 cm³/mol. The lowest BCUT2D eigenvalue weighted by Gasteiger charge is -2.13. The number of Topliss-reactive ketones (excluding diaryl/α,β-unsaturated/α-hetero) is 1. The van der Waals surface area contributed by atoms with Crippen molar-refractivity contribution in [3.8, 4) is 0 Å². The predicted octanol–water partition coefficient (Wildman–Crippen LogP) is 4.62. The van der Waals surface area contributed by atoms with Crippen molar-refractivity contribution < 1.29 is 4.79 Å². The van der Waals surface area contributed by atoms with Crippen LogP contribution in [0.5, 0.6) is 0 Å². The Morgan fingerprint density at radius 2 is 1.71 bits per heavy atom. The Morgan fingerprint density at radius 3 is 2.18 bits per heavy atom. The summed E-state index contributed by atoms with van der Waals surface area (Å²) in [6.45, 7) is 10.5. The van der Waals surface area contributed by atoms with Gasteiger partial charge in [-0.15, -0.1) is 0 Å². The fraction of sp³-hybridized carbons (Fsp3) is 0.562. The first kappa shape index (κ1) is 14.0. The molecule has 0 aromatic heterocycles. The molecule has 0 saturated carbocycles. The molecule has 0 bridgehead atoms. The number of rotatable bonds is 5. The second-order valence-electron chi connectivity index (χ2n) is 5.29. The van der Waals surface area contributed by atoms with E-state index in [9.17, 15) is 4.79 Å². The van der Waals surface area contributed by atoms with Crippen LogP contribution in [0.15, 0.2) is 12.1 Å². The molecule has 1 aromatic carbocycles. The largest absolute Gasteiger partial charge is 0.294 e. The average molecular weight is 232 g/mol. The highest BCUT2D eigenvalue weighted by molar-refractivity contribution is 5.99. The number of ketones is 1. The molecule has 0 saturated heterocycles. The number of hydrogen-bond donors (Lipinski definition) is 0. The van der Waals surface area contributed by atoms with Crippen molar-refractivity contribution in [1.82, 2.24) is 0 Å². The van der Waals surface area contributed by atoms with Crippen LogP contribution in [0, 0.1) is 26.7 Å².